The number of hydrogen-bond donors (Lipinski definition) is 0. The number of halogens is 1. The molecule has 1 aromatic rings. The molecule has 1 aliphatic rings. The van der Waals surface area contributed by atoms with Gasteiger partial charge in [0, 0.05) is 14.1 Å². The summed E-state index contributed by atoms with van der Waals surface area (Å²) >= 11 is 8.40. The van der Waals surface area contributed by atoms with E-state index >= 15 is 0 Å². The average molecular weight is 441 g/mol. The van der Waals surface area contributed by atoms with Gasteiger partial charge in [0.05, 0.1) is 11.1 Å². The predicted molar refractivity (Wildman–Crippen MR) is 102 cm³/mol. The maximum absolute atomic E-state index is 12.3. The largest absolute Gasteiger partial charge is 0.481 e. The number of hydrogen-bond acceptors (Lipinski definition) is 6. The Labute approximate surface area is 164 Å². The minimum absolute atomic E-state index is 0.00990. The van der Waals surface area contributed by atoms with E-state index in [1.165, 1.54) is 30.0 Å². The van der Waals surface area contributed by atoms with Crippen LogP contribution in [0.2, 0.25) is 0 Å². The highest BCUT2D eigenvalue weighted by Crippen LogP contribution is 2.28. The molecule has 1 aliphatic heterocycles. The first-order chi connectivity index (χ1) is 12.3. The van der Waals surface area contributed by atoms with Crippen molar-refractivity contribution in [3.05, 3.63) is 33.8 Å². The van der Waals surface area contributed by atoms with Gasteiger partial charge >= 0.3 is 5.97 Å². The molecule has 1 saturated heterocycles. The van der Waals surface area contributed by atoms with Crippen LogP contribution in [0, 0.1) is 0 Å². The molecule has 138 valence electrons. The second-order valence-electron chi connectivity index (χ2n) is 5.35. The van der Waals surface area contributed by atoms with Gasteiger partial charge in [-0.25, -0.2) is 4.79 Å². The van der Waals surface area contributed by atoms with Crippen molar-refractivity contribution in [2.45, 2.75) is 6.92 Å². The lowest BCUT2D eigenvalue weighted by Gasteiger charge is -2.31. The van der Waals surface area contributed by atoms with Crippen molar-refractivity contribution in [1.82, 2.24) is 9.80 Å². The molecule has 0 unspecified atom stereocenters. The first kappa shape index (κ1) is 20.1. The van der Waals surface area contributed by atoms with E-state index in [1.807, 2.05) is 0 Å². The second kappa shape index (κ2) is 8.41. The molecule has 7 nitrogen and oxygen atoms in total. The summed E-state index contributed by atoms with van der Waals surface area (Å²) in [6, 6.07) is 4.98. The standard InChI is InChI=1S/C17H17BrN2O5S/c1-4-24-14(21)9-25-13-6-5-10(8-12(13)18)7-11-15(22)19(2)17(26)20(3)16(11)23/h5-8H,4,9H2,1-3H3. The number of ether oxygens (including phenoxy) is 2. The molecule has 1 fully saturated rings. The summed E-state index contributed by atoms with van der Waals surface area (Å²) in [5.41, 5.74) is 0.627. The second-order valence-corrected chi connectivity index (χ2v) is 6.57. The number of nitrogens with zero attached hydrogens (tertiary/aromatic N) is 2. The van der Waals surface area contributed by atoms with Gasteiger partial charge < -0.3 is 9.47 Å². The highest BCUT2D eigenvalue weighted by Gasteiger charge is 2.35. The fourth-order valence-electron chi connectivity index (χ4n) is 2.20. The molecule has 0 aliphatic carbocycles. The van der Waals surface area contributed by atoms with E-state index in [2.05, 4.69) is 15.9 Å². The van der Waals surface area contributed by atoms with Gasteiger partial charge in [0.1, 0.15) is 11.3 Å². The van der Waals surface area contributed by atoms with E-state index in [-0.39, 0.29) is 23.9 Å². The molecule has 2 rings (SSSR count). The smallest absolute Gasteiger partial charge is 0.344 e. The number of amides is 2. The third-order valence-electron chi connectivity index (χ3n) is 3.56. The highest BCUT2D eigenvalue weighted by molar-refractivity contribution is 9.10. The Morgan fingerprint density at radius 3 is 2.38 bits per heavy atom. The number of carbonyl (C=O) groups excluding carboxylic acids is 3. The number of carbonyl (C=O) groups is 3. The molecule has 0 saturated carbocycles. The monoisotopic (exact) mass is 440 g/mol. The molecule has 0 N–H and O–H groups in total. The van der Waals surface area contributed by atoms with Crippen LogP contribution in [0.3, 0.4) is 0 Å². The van der Waals surface area contributed by atoms with Gasteiger partial charge in [-0.2, -0.15) is 0 Å². The average Bonchev–Trinajstić information content (AvgIpc) is 2.61. The summed E-state index contributed by atoms with van der Waals surface area (Å²) in [6.45, 7) is 1.78. The van der Waals surface area contributed by atoms with E-state index in [1.54, 1.807) is 25.1 Å². The lowest BCUT2D eigenvalue weighted by atomic mass is 10.1. The van der Waals surface area contributed by atoms with E-state index < -0.39 is 17.8 Å². The zero-order valence-electron chi connectivity index (χ0n) is 14.4. The molecule has 26 heavy (non-hydrogen) atoms. The predicted octanol–water partition coefficient (Wildman–Crippen LogP) is 1.99. The van der Waals surface area contributed by atoms with Crippen LogP contribution < -0.4 is 4.74 Å². The lowest BCUT2D eigenvalue weighted by molar-refractivity contribution is -0.145. The van der Waals surface area contributed by atoms with Crippen molar-refractivity contribution in [3.8, 4) is 5.75 Å². The van der Waals surface area contributed by atoms with Crippen LogP contribution in [0.15, 0.2) is 28.2 Å². The topological polar surface area (TPSA) is 76.2 Å². The Kier molecular flexibility index (Phi) is 6.49. The van der Waals surface area contributed by atoms with Crippen LogP contribution in [0.4, 0.5) is 0 Å². The Balaban J connectivity index is 2.22. The first-order valence-electron chi connectivity index (χ1n) is 7.66. The summed E-state index contributed by atoms with van der Waals surface area (Å²) in [7, 11) is 3.04. The first-order valence-corrected chi connectivity index (χ1v) is 8.86. The Bertz CT molecular complexity index is 782. The molecule has 0 radical (unpaired) electrons. The molecule has 9 heteroatoms. The summed E-state index contributed by atoms with van der Waals surface area (Å²) < 4.78 is 10.7. The van der Waals surface area contributed by atoms with E-state index in [0.29, 0.717) is 15.8 Å². The van der Waals surface area contributed by atoms with Crippen LogP contribution in [0.1, 0.15) is 12.5 Å². The van der Waals surface area contributed by atoms with Crippen molar-refractivity contribution in [2.24, 2.45) is 0 Å². The SMILES string of the molecule is CCOC(=O)COc1ccc(C=C2C(=O)N(C)C(=S)N(C)C2=O)cc1Br. The van der Waals surface area contributed by atoms with Gasteiger partial charge in [0.25, 0.3) is 11.8 Å². The molecule has 0 aromatic heterocycles. The molecule has 0 atom stereocenters. The maximum atomic E-state index is 12.3. The molecular weight excluding hydrogens is 424 g/mol. The third-order valence-corrected chi connectivity index (χ3v) is 4.73. The molecular formula is C17H17BrN2O5S. The number of rotatable bonds is 5. The number of benzene rings is 1. The van der Waals surface area contributed by atoms with E-state index in [4.69, 9.17) is 21.7 Å². The molecule has 1 heterocycles. The Hall–Kier alpha value is -2.26. The van der Waals surface area contributed by atoms with Crippen LogP contribution in [-0.2, 0) is 19.1 Å². The molecule has 2 amide bonds. The van der Waals surface area contributed by atoms with E-state index in [9.17, 15) is 14.4 Å². The van der Waals surface area contributed by atoms with Crippen LogP contribution >= 0.6 is 28.1 Å². The Morgan fingerprint density at radius 1 is 1.23 bits per heavy atom. The summed E-state index contributed by atoms with van der Waals surface area (Å²) in [4.78, 5) is 38.5. The van der Waals surface area contributed by atoms with Crippen molar-refractivity contribution in [1.29, 1.82) is 0 Å². The Morgan fingerprint density at radius 2 is 1.85 bits per heavy atom. The van der Waals surface area contributed by atoms with Crippen molar-refractivity contribution < 1.29 is 23.9 Å². The van der Waals surface area contributed by atoms with Crippen LogP contribution in [0.5, 0.6) is 5.75 Å². The van der Waals surface area contributed by atoms with Gasteiger partial charge in [0.2, 0.25) is 0 Å². The lowest BCUT2D eigenvalue weighted by Crippen LogP contribution is -2.52. The maximum Gasteiger partial charge on any atom is 0.344 e. The summed E-state index contributed by atoms with van der Waals surface area (Å²) in [6.07, 6.45) is 1.49. The van der Waals surface area contributed by atoms with E-state index in [0.717, 1.165) is 0 Å². The van der Waals surface area contributed by atoms with Gasteiger partial charge in [-0.3, -0.25) is 19.4 Å². The fourth-order valence-corrected chi connectivity index (χ4v) is 2.88. The van der Waals surface area contributed by atoms with Crippen LogP contribution in [-0.4, -0.2) is 60.0 Å². The van der Waals surface area contributed by atoms with Crippen molar-refractivity contribution in [2.75, 3.05) is 27.3 Å². The zero-order valence-corrected chi connectivity index (χ0v) is 16.8. The number of esters is 1. The fraction of sp³-hybridized carbons (Fsp3) is 0.294. The van der Waals surface area contributed by atoms with Crippen molar-refractivity contribution >= 4 is 57.1 Å². The van der Waals surface area contributed by atoms with Gasteiger partial charge in [-0.15, -0.1) is 0 Å². The summed E-state index contributed by atoms with van der Waals surface area (Å²) in [5.74, 6) is -0.948. The minimum Gasteiger partial charge on any atom is -0.481 e. The zero-order chi connectivity index (χ0) is 19.4. The quantitative estimate of drug-likeness (QED) is 0.301. The number of thiocarbonyl (C=S) groups is 1. The van der Waals surface area contributed by atoms with Crippen LogP contribution in [0.25, 0.3) is 6.08 Å². The summed E-state index contributed by atoms with van der Waals surface area (Å²) in [5, 5.41) is 0.154. The minimum atomic E-state index is -0.467. The van der Waals surface area contributed by atoms with Gasteiger partial charge in [-0.1, -0.05) is 6.07 Å². The highest BCUT2D eigenvalue weighted by atomic mass is 79.9. The van der Waals surface area contributed by atoms with Gasteiger partial charge in [0.15, 0.2) is 11.7 Å². The van der Waals surface area contributed by atoms with Crippen molar-refractivity contribution in [3.63, 3.8) is 0 Å². The number of likely N-dealkylation sites (N-methyl/N-ethyl adjacent to an activating group) is 2. The molecule has 0 bridgehead atoms. The normalized spacial score (nSPS) is 14.6. The third kappa shape index (κ3) is 4.28. The molecule has 1 aromatic carbocycles. The van der Waals surface area contributed by atoms with Gasteiger partial charge in [-0.05, 0) is 58.8 Å². The molecule has 0 spiro atoms.